The molecule has 0 nitrogen and oxygen atoms in total. The fraction of sp³-hybridized carbons (Fsp3) is 1.00. The molecule has 4 saturated carbocycles. The van der Waals surface area contributed by atoms with Gasteiger partial charge in [0, 0.05) is 0 Å². The van der Waals surface area contributed by atoms with Gasteiger partial charge in [-0.1, -0.05) is 186 Å². The van der Waals surface area contributed by atoms with Gasteiger partial charge in [0.05, 0.1) is 0 Å². The van der Waals surface area contributed by atoms with Gasteiger partial charge in [0.25, 0.3) is 0 Å². The van der Waals surface area contributed by atoms with E-state index in [1.807, 2.05) is 0 Å². The van der Waals surface area contributed by atoms with E-state index < -0.39 is 0 Å². The summed E-state index contributed by atoms with van der Waals surface area (Å²) >= 11 is 0. The van der Waals surface area contributed by atoms with Crippen molar-refractivity contribution in [1.82, 2.24) is 0 Å². The van der Waals surface area contributed by atoms with Crippen LogP contribution in [0.15, 0.2) is 0 Å². The summed E-state index contributed by atoms with van der Waals surface area (Å²) in [7, 11) is 0. The summed E-state index contributed by atoms with van der Waals surface area (Å²) in [6.07, 6.45) is 35.4. The molecule has 4 aliphatic carbocycles. The van der Waals surface area contributed by atoms with Crippen molar-refractivity contribution < 1.29 is 0 Å². The average Bonchev–Trinajstić information content (AvgIpc) is 2.84. The molecule has 0 aliphatic heterocycles. The van der Waals surface area contributed by atoms with E-state index in [2.05, 4.69) is 27.7 Å². The predicted molar refractivity (Wildman–Crippen MR) is 177 cm³/mol. The minimum absolute atomic E-state index is 0. The van der Waals surface area contributed by atoms with Crippen LogP contribution in [0.25, 0.3) is 0 Å². The van der Waals surface area contributed by atoms with Gasteiger partial charge in [-0.05, 0) is 54.8 Å². The Bertz CT molecular complexity index is 371. The monoisotopic (exact) mass is 525 g/mol. The maximum absolute atomic E-state index is 2.12. The summed E-state index contributed by atoms with van der Waals surface area (Å²) < 4.78 is 0. The van der Waals surface area contributed by atoms with E-state index in [1.54, 1.807) is 96.3 Å². The van der Waals surface area contributed by atoms with E-state index in [0.29, 0.717) is 0 Å². The lowest BCUT2D eigenvalue weighted by Crippen LogP contribution is -2.23. The van der Waals surface area contributed by atoms with Crippen LogP contribution in [0.5, 0.6) is 0 Å². The van der Waals surface area contributed by atoms with Crippen LogP contribution in [0.2, 0.25) is 0 Å². The minimum atomic E-state index is 0. The maximum atomic E-state index is 2.12. The second kappa shape index (κ2) is 26.2. The molecule has 0 amide bonds. The summed E-state index contributed by atoms with van der Waals surface area (Å²) in [6.45, 7) is 8.50. The van der Waals surface area contributed by atoms with Crippen LogP contribution >= 0.6 is 0 Å². The topological polar surface area (TPSA) is 0 Å². The van der Waals surface area contributed by atoms with E-state index in [9.17, 15) is 0 Å². The molecule has 0 bridgehead atoms. The summed E-state index contributed by atoms with van der Waals surface area (Å²) in [5, 5.41) is 0. The number of hydrogen-bond acceptors (Lipinski definition) is 0. The van der Waals surface area contributed by atoms with Gasteiger partial charge < -0.3 is 0 Å². The second-order valence-corrected chi connectivity index (χ2v) is 12.9. The lowest BCUT2D eigenvalue weighted by Gasteiger charge is -2.36. The third kappa shape index (κ3) is 18.1. The molecule has 0 atom stereocenters. The first kappa shape index (κ1) is 41.5. The summed E-state index contributed by atoms with van der Waals surface area (Å²) in [5.41, 5.74) is 0. The molecule has 4 rings (SSSR count). The Balaban J connectivity index is -0.00000106. The highest BCUT2D eigenvalue weighted by molar-refractivity contribution is 4.81. The minimum Gasteiger partial charge on any atom is -0.0776 e. The smallest absolute Gasteiger partial charge is 0.0411 e. The molecule has 4 fully saturated rings. The Morgan fingerprint density at radius 1 is 0.297 bits per heavy atom. The molecule has 0 heteroatoms. The van der Waals surface area contributed by atoms with E-state index in [1.165, 1.54) is 51.4 Å². The van der Waals surface area contributed by atoms with Gasteiger partial charge >= 0.3 is 0 Å². The molecule has 37 heavy (non-hydrogen) atoms. The highest BCUT2D eigenvalue weighted by atomic mass is 14.3. The zero-order chi connectivity index (χ0) is 23.7. The third-order valence-corrected chi connectivity index (χ3v) is 9.38. The summed E-state index contributed by atoms with van der Waals surface area (Å²) in [6, 6.07) is 0. The normalized spacial score (nSPS) is 28.2. The molecule has 0 spiro atoms. The largest absolute Gasteiger partial charge is 0.0776 e. The molecule has 4 aliphatic rings. The van der Waals surface area contributed by atoms with Crippen LogP contribution in [-0.4, -0.2) is 0 Å². The zero-order valence-corrected chi connectivity index (χ0v) is 23.7. The Morgan fingerprint density at radius 3 is 0.649 bits per heavy atom. The molecular formula is C37H80. The number of hydrogen-bond donors (Lipinski definition) is 0. The van der Waals surface area contributed by atoms with Gasteiger partial charge in [-0.3, -0.25) is 0 Å². The third-order valence-electron chi connectivity index (χ3n) is 9.38. The van der Waals surface area contributed by atoms with Crippen LogP contribution in [0.4, 0.5) is 0 Å². The van der Waals surface area contributed by atoms with Crippen LogP contribution < -0.4 is 0 Å². The molecule has 0 aromatic rings. The average molecular weight is 525 g/mol. The van der Waals surface area contributed by atoms with Crippen molar-refractivity contribution in [3.05, 3.63) is 0 Å². The molecule has 0 unspecified atom stereocenters. The van der Waals surface area contributed by atoms with Crippen molar-refractivity contribution in [2.75, 3.05) is 0 Å². The highest BCUT2D eigenvalue weighted by Crippen LogP contribution is 2.42. The molecule has 0 heterocycles. The molecule has 228 valence electrons. The van der Waals surface area contributed by atoms with Crippen molar-refractivity contribution in [3.63, 3.8) is 0 Å². The molecule has 0 N–H and O–H groups in total. The van der Waals surface area contributed by atoms with Crippen molar-refractivity contribution >= 4 is 0 Å². The lowest BCUT2D eigenvalue weighted by molar-refractivity contribution is 0.160. The van der Waals surface area contributed by atoms with E-state index in [-0.39, 0.29) is 29.7 Å². The predicted octanol–water partition coefficient (Wildman–Crippen LogP) is 14.3. The van der Waals surface area contributed by atoms with Gasteiger partial charge in [0.2, 0.25) is 0 Å². The fourth-order valence-electron chi connectivity index (χ4n) is 7.67. The van der Waals surface area contributed by atoms with Crippen LogP contribution in [0, 0.1) is 35.5 Å². The van der Waals surface area contributed by atoms with Crippen molar-refractivity contribution in [2.24, 2.45) is 35.5 Å². The first-order valence-corrected chi connectivity index (χ1v) is 16.2. The van der Waals surface area contributed by atoms with Crippen molar-refractivity contribution in [3.8, 4) is 0 Å². The highest BCUT2D eigenvalue weighted by Gasteiger charge is 2.29. The van der Waals surface area contributed by atoms with Crippen molar-refractivity contribution in [2.45, 2.75) is 205 Å². The number of rotatable bonds is 6. The van der Waals surface area contributed by atoms with Crippen LogP contribution in [-0.2, 0) is 0 Å². The van der Waals surface area contributed by atoms with Crippen LogP contribution in [0.3, 0.4) is 0 Å². The van der Waals surface area contributed by atoms with Crippen LogP contribution in [0.1, 0.15) is 205 Å². The summed E-state index contributed by atoms with van der Waals surface area (Å²) in [4.78, 5) is 0. The molecule has 0 aromatic heterocycles. The second-order valence-electron chi connectivity index (χ2n) is 12.9. The first-order chi connectivity index (χ1) is 16.2. The molecule has 0 saturated heterocycles. The molecule has 0 radical (unpaired) electrons. The quantitative estimate of drug-likeness (QED) is 0.324. The van der Waals surface area contributed by atoms with Crippen molar-refractivity contribution in [1.29, 1.82) is 0 Å². The van der Waals surface area contributed by atoms with Gasteiger partial charge in [-0.15, -0.1) is 0 Å². The molecule has 0 aromatic carbocycles. The SMILES string of the molecule is C.C.C.C.C1CCC(CC2CCC(CC3CCC(CC4CCCCC4)CC3)CC2)CC1.CCC.CCC. The Labute approximate surface area is 240 Å². The van der Waals surface area contributed by atoms with Gasteiger partial charge in [0.1, 0.15) is 0 Å². The molecular weight excluding hydrogens is 444 g/mol. The standard InChI is InChI=1S/C27H48.2C3H8.4CH4/c1-3-7-22(8-4-1)19-24-11-15-26(16-12-24)21-27-17-13-25(14-18-27)20-23-9-5-2-6-10-23;2*1-3-2;;;;/h22-27H,1-21H2;2*3H2,1-2H3;4*1H4. The van der Waals surface area contributed by atoms with E-state index in [4.69, 9.17) is 0 Å². The first-order valence-electron chi connectivity index (χ1n) is 16.2. The Kier molecular flexibility index (Phi) is 29.4. The Morgan fingerprint density at radius 2 is 0.459 bits per heavy atom. The van der Waals surface area contributed by atoms with E-state index >= 15 is 0 Å². The van der Waals surface area contributed by atoms with Gasteiger partial charge in [0.15, 0.2) is 0 Å². The van der Waals surface area contributed by atoms with Gasteiger partial charge in [-0.2, -0.15) is 0 Å². The summed E-state index contributed by atoms with van der Waals surface area (Å²) in [5.74, 6) is 6.64. The maximum Gasteiger partial charge on any atom is -0.0411 e. The Hall–Kier alpha value is 0. The zero-order valence-electron chi connectivity index (χ0n) is 23.7. The fourth-order valence-corrected chi connectivity index (χ4v) is 7.67. The van der Waals surface area contributed by atoms with E-state index in [0.717, 1.165) is 35.5 Å². The van der Waals surface area contributed by atoms with Gasteiger partial charge in [-0.25, -0.2) is 0 Å². The lowest BCUT2D eigenvalue weighted by atomic mass is 9.70.